The molecule has 3 rings (SSSR count). The summed E-state index contributed by atoms with van der Waals surface area (Å²) in [4.78, 5) is 14.0. The van der Waals surface area contributed by atoms with Crippen molar-refractivity contribution in [3.05, 3.63) is 23.8 Å². The molecule has 28 heavy (non-hydrogen) atoms. The summed E-state index contributed by atoms with van der Waals surface area (Å²) in [5, 5.41) is 18.0. The smallest absolute Gasteiger partial charge is 0.246 e. The molecule has 0 spiro atoms. The van der Waals surface area contributed by atoms with Crippen LogP contribution in [0, 0.1) is 19.3 Å². The van der Waals surface area contributed by atoms with Crippen molar-refractivity contribution in [2.45, 2.75) is 43.2 Å². The fraction of sp³-hybridized carbons (Fsp3) is 0.526. The Balaban J connectivity index is 1.55. The minimum Gasteiger partial charge on any atom is -0.507 e. The molecule has 1 saturated heterocycles. The van der Waals surface area contributed by atoms with Gasteiger partial charge in [-0.2, -0.15) is 14.5 Å². The molecule has 0 radical (unpaired) electrons. The molecule has 0 atom stereocenters. The molecule has 150 valence electrons. The zero-order valence-corrected chi connectivity index (χ0v) is 16.7. The van der Waals surface area contributed by atoms with Gasteiger partial charge in [0.1, 0.15) is 10.6 Å². The van der Waals surface area contributed by atoms with Crippen molar-refractivity contribution >= 4 is 15.9 Å². The molecule has 0 aliphatic carbocycles. The normalized spacial score (nSPS) is 18.6. The van der Waals surface area contributed by atoms with Crippen LogP contribution in [0.15, 0.2) is 33.3 Å². The highest BCUT2D eigenvalue weighted by Gasteiger charge is 2.40. The number of phenolic OH excluding ortho intramolecular Hbond substituents is 1. The molecule has 1 aromatic carbocycles. The van der Waals surface area contributed by atoms with Gasteiger partial charge in [-0.05, 0) is 24.6 Å². The molecule has 9 heteroatoms. The average Bonchev–Trinajstić information content (AvgIpc) is 3.46. The third kappa shape index (κ3) is 4.34. The number of amides is 1. The van der Waals surface area contributed by atoms with E-state index < -0.39 is 15.7 Å². The minimum atomic E-state index is -3.80. The number of sulfonamides is 1. The van der Waals surface area contributed by atoms with Gasteiger partial charge in [-0.25, -0.2) is 8.42 Å². The maximum atomic E-state index is 12.8. The van der Waals surface area contributed by atoms with E-state index >= 15 is 0 Å². The first-order chi connectivity index (χ1) is 13.3. The van der Waals surface area contributed by atoms with Crippen LogP contribution in [0.3, 0.4) is 0 Å². The van der Waals surface area contributed by atoms with Gasteiger partial charge in [0.25, 0.3) is 0 Å². The highest BCUT2D eigenvalue weighted by Crippen LogP contribution is 2.37. The number of phenols is 1. The second-order valence-electron chi connectivity index (χ2n) is 7.14. The Kier molecular flexibility index (Phi) is 5.72. The van der Waals surface area contributed by atoms with Crippen molar-refractivity contribution in [3.8, 4) is 18.1 Å². The van der Waals surface area contributed by atoms with Crippen LogP contribution in [0.5, 0.6) is 5.75 Å². The van der Waals surface area contributed by atoms with Crippen molar-refractivity contribution in [1.29, 1.82) is 0 Å². The predicted molar refractivity (Wildman–Crippen MR) is 103 cm³/mol. The van der Waals surface area contributed by atoms with Gasteiger partial charge in [0.05, 0.1) is 0 Å². The van der Waals surface area contributed by atoms with Crippen molar-refractivity contribution in [2.24, 2.45) is 10.2 Å². The Morgan fingerprint density at radius 3 is 2.54 bits per heavy atom. The van der Waals surface area contributed by atoms with E-state index in [2.05, 4.69) is 16.1 Å². The molecule has 0 aromatic heterocycles. The van der Waals surface area contributed by atoms with Gasteiger partial charge in [0, 0.05) is 51.9 Å². The summed E-state index contributed by atoms with van der Waals surface area (Å²) in [6.45, 7) is 2.79. The first-order valence-electron chi connectivity index (χ1n) is 9.22. The monoisotopic (exact) mass is 404 g/mol. The Hall–Kier alpha value is -2.44. The molecule has 0 unspecified atom stereocenters. The number of benzene rings is 1. The second-order valence-corrected chi connectivity index (χ2v) is 9.05. The van der Waals surface area contributed by atoms with Crippen molar-refractivity contribution in [2.75, 3.05) is 26.2 Å². The highest BCUT2D eigenvalue weighted by molar-refractivity contribution is 7.89. The van der Waals surface area contributed by atoms with Crippen LogP contribution < -0.4 is 0 Å². The van der Waals surface area contributed by atoms with Crippen LogP contribution in [0.1, 0.15) is 31.2 Å². The lowest BCUT2D eigenvalue weighted by atomic mass is 10.0. The van der Waals surface area contributed by atoms with Crippen LogP contribution >= 0.6 is 0 Å². The quantitative estimate of drug-likeness (QED) is 0.701. The predicted octanol–water partition coefficient (Wildman–Crippen LogP) is 1.89. The standard InChI is InChI=1S/C19H24N4O4S/c1-3-4-8-19(20-21-19)9-7-18(25)22-10-12-23(13-11-22)28(26,27)17-14-15(2)5-6-16(17)24/h1,5-6,14,24H,4,7-13H2,2H3. The van der Waals surface area contributed by atoms with Gasteiger partial charge in [-0.15, -0.1) is 12.3 Å². The van der Waals surface area contributed by atoms with Crippen LogP contribution in [0.25, 0.3) is 0 Å². The van der Waals surface area contributed by atoms with Gasteiger partial charge >= 0.3 is 0 Å². The first kappa shape index (κ1) is 20.3. The molecule has 2 aliphatic rings. The van der Waals surface area contributed by atoms with E-state index in [-0.39, 0.29) is 29.6 Å². The number of aryl methyl sites for hydroxylation is 1. The molecule has 0 saturated carbocycles. The number of piperazine rings is 1. The lowest BCUT2D eigenvalue weighted by Gasteiger charge is -2.34. The lowest BCUT2D eigenvalue weighted by Crippen LogP contribution is -2.50. The largest absolute Gasteiger partial charge is 0.507 e. The Labute approximate surface area is 165 Å². The molecule has 8 nitrogen and oxygen atoms in total. The van der Waals surface area contributed by atoms with Gasteiger partial charge in [-0.1, -0.05) is 6.07 Å². The van der Waals surface area contributed by atoms with E-state index in [1.807, 2.05) is 0 Å². The van der Waals surface area contributed by atoms with E-state index in [1.54, 1.807) is 17.9 Å². The van der Waals surface area contributed by atoms with Gasteiger partial charge in [-0.3, -0.25) is 4.79 Å². The van der Waals surface area contributed by atoms with E-state index in [4.69, 9.17) is 6.42 Å². The Morgan fingerprint density at radius 2 is 1.93 bits per heavy atom. The average molecular weight is 404 g/mol. The molecule has 1 amide bonds. The minimum absolute atomic E-state index is 0.0344. The van der Waals surface area contributed by atoms with Crippen molar-refractivity contribution in [3.63, 3.8) is 0 Å². The number of carbonyl (C=O) groups is 1. The second kappa shape index (κ2) is 7.89. The van der Waals surface area contributed by atoms with Gasteiger partial charge < -0.3 is 10.0 Å². The summed E-state index contributed by atoms with van der Waals surface area (Å²) in [5.41, 5.74) is 0.260. The fourth-order valence-electron chi connectivity index (χ4n) is 3.28. The third-order valence-electron chi connectivity index (χ3n) is 5.12. The van der Waals surface area contributed by atoms with Crippen molar-refractivity contribution < 1.29 is 18.3 Å². The molecule has 1 fully saturated rings. The summed E-state index contributed by atoms with van der Waals surface area (Å²) in [7, 11) is -3.80. The zero-order chi connectivity index (χ0) is 20.4. The number of rotatable bonds is 7. The van der Waals surface area contributed by atoms with Gasteiger partial charge in [0.2, 0.25) is 15.9 Å². The van der Waals surface area contributed by atoms with E-state index in [0.717, 1.165) is 5.56 Å². The topological polar surface area (TPSA) is 103 Å². The van der Waals surface area contributed by atoms with E-state index in [0.29, 0.717) is 38.8 Å². The van der Waals surface area contributed by atoms with Crippen LogP contribution in [-0.2, 0) is 14.8 Å². The number of aromatic hydroxyl groups is 1. The van der Waals surface area contributed by atoms with E-state index in [1.165, 1.54) is 16.4 Å². The summed E-state index contributed by atoms with van der Waals surface area (Å²) in [5.74, 6) is 2.26. The van der Waals surface area contributed by atoms with Crippen LogP contribution in [0.2, 0.25) is 0 Å². The SMILES string of the molecule is C#CCCC1(CCC(=O)N2CCN(S(=O)(=O)c3cc(C)ccc3O)CC2)N=N1. The Morgan fingerprint density at radius 1 is 1.25 bits per heavy atom. The number of hydrogen-bond donors (Lipinski definition) is 1. The maximum Gasteiger partial charge on any atom is 0.246 e. The molecular weight excluding hydrogens is 380 g/mol. The zero-order valence-electron chi connectivity index (χ0n) is 15.8. The summed E-state index contributed by atoms with van der Waals surface area (Å²) in [6.07, 6.45) is 7.33. The molecule has 2 heterocycles. The molecule has 2 aliphatic heterocycles. The third-order valence-corrected chi connectivity index (χ3v) is 7.04. The number of terminal acetylenes is 1. The summed E-state index contributed by atoms with van der Waals surface area (Å²) >= 11 is 0. The Bertz CT molecular complexity index is 922. The molecule has 0 bridgehead atoms. The molecule has 1 aromatic rings. The van der Waals surface area contributed by atoms with Crippen LogP contribution in [-0.4, -0.2) is 60.5 Å². The first-order valence-corrected chi connectivity index (χ1v) is 10.7. The highest BCUT2D eigenvalue weighted by atomic mass is 32.2. The van der Waals surface area contributed by atoms with Crippen LogP contribution in [0.4, 0.5) is 0 Å². The number of hydrogen-bond acceptors (Lipinski definition) is 6. The summed E-state index contributed by atoms with van der Waals surface area (Å²) < 4.78 is 27.0. The maximum absolute atomic E-state index is 12.8. The number of nitrogens with zero attached hydrogens (tertiary/aromatic N) is 4. The summed E-state index contributed by atoms with van der Waals surface area (Å²) in [6, 6.07) is 4.49. The lowest BCUT2D eigenvalue weighted by molar-refractivity contribution is -0.132. The van der Waals surface area contributed by atoms with Gasteiger partial charge in [0.15, 0.2) is 5.66 Å². The fourth-order valence-corrected chi connectivity index (χ4v) is 4.87. The molecule has 1 N–H and O–H groups in total. The molecular formula is C19H24N4O4S. The van der Waals surface area contributed by atoms with E-state index in [9.17, 15) is 18.3 Å². The van der Waals surface area contributed by atoms with Crippen molar-refractivity contribution in [1.82, 2.24) is 9.21 Å². The number of carbonyl (C=O) groups excluding carboxylic acids is 1.